The Morgan fingerprint density at radius 1 is 1.08 bits per heavy atom. The molecule has 0 saturated carbocycles. The number of nitro groups is 1. The van der Waals surface area contributed by atoms with Gasteiger partial charge < -0.3 is 9.80 Å². The summed E-state index contributed by atoms with van der Waals surface area (Å²) >= 11 is 5.03. The zero-order chi connectivity index (χ0) is 18.5. The Morgan fingerprint density at radius 2 is 1.73 bits per heavy atom. The van der Waals surface area contributed by atoms with Gasteiger partial charge in [0, 0.05) is 53.4 Å². The summed E-state index contributed by atoms with van der Waals surface area (Å²) in [6.45, 7) is 2.77. The molecule has 1 aliphatic rings. The van der Waals surface area contributed by atoms with Crippen LogP contribution in [0.4, 0.5) is 11.4 Å². The van der Waals surface area contributed by atoms with E-state index >= 15 is 0 Å². The summed E-state index contributed by atoms with van der Waals surface area (Å²) in [7, 11) is 0. The van der Waals surface area contributed by atoms with Crippen molar-refractivity contribution < 1.29 is 9.72 Å². The molecule has 6 nitrogen and oxygen atoms in total. The van der Waals surface area contributed by atoms with Crippen molar-refractivity contribution in [3.05, 3.63) is 63.1 Å². The normalized spacial score (nSPS) is 14.3. The van der Waals surface area contributed by atoms with Gasteiger partial charge in [-0.1, -0.05) is 12.1 Å². The topological polar surface area (TPSA) is 66.7 Å². The van der Waals surface area contributed by atoms with Gasteiger partial charge in [-0.15, -0.1) is 11.8 Å². The second-order valence-electron chi connectivity index (χ2n) is 5.86. The van der Waals surface area contributed by atoms with Crippen LogP contribution in [-0.4, -0.2) is 47.7 Å². The van der Waals surface area contributed by atoms with E-state index in [1.165, 1.54) is 23.9 Å². The first-order valence-corrected chi connectivity index (χ1v) is 9.97. The van der Waals surface area contributed by atoms with Crippen LogP contribution in [0.3, 0.4) is 0 Å². The van der Waals surface area contributed by atoms with E-state index in [4.69, 9.17) is 0 Å². The van der Waals surface area contributed by atoms with Crippen LogP contribution in [0.1, 0.15) is 0 Å². The van der Waals surface area contributed by atoms with E-state index in [1.54, 1.807) is 12.1 Å². The third-order valence-corrected chi connectivity index (χ3v) is 6.26. The number of piperazine rings is 1. The van der Waals surface area contributed by atoms with Gasteiger partial charge in [-0.05, 0) is 40.2 Å². The van der Waals surface area contributed by atoms with Crippen molar-refractivity contribution in [2.45, 2.75) is 4.90 Å². The SMILES string of the molecule is O=C(CSc1ccccc1Br)N1CCN(c2ccc([N+](=O)[O-])cc2)CC1. The summed E-state index contributed by atoms with van der Waals surface area (Å²) in [6, 6.07) is 14.4. The van der Waals surface area contributed by atoms with E-state index in [0.29, 0.717) is 18.8 Å². The predicted molar refractivity (Wildman–Crippen MR) is 107 cm³/mol. The Kier molecular flexibility index (Phi) is 6.16. The maximum Gasteiger partial charge on any atom is 0.269 e. The average Bonchev–Trinajstić information content (AvgIpc) is 2.67. The number of non-ortho nitro benzene ring substituents is 1. The molecule has 1 heterocycles. The first-order chi connectivity index (χ1) is 12.5. The molecule has 136 valence electrons. The summed E-state index contributed by atoms with van der Waals surface area (Å²) < 4.78 is 1.00. The Balaban J connectivity index is 1.50. The smallest absolute Gasteiger partial charge is 0.269 e. The number of hydrogen-bond acceptors (Lipinski definition) is 5. The van der Waals surface area contributed by atoms with Crippen LogP contribution in [0.5, 0.6) is 0 Å². The summed E-state index contributed by atoms with van der Waals surface area (Å²) in [4.78, 5) is 27.9. The lowest BCUT2D eigenvalue weighted by molar-refractivity contribution is -0.384. The number of thioether (sulfide) groups is 1. The Bertz CT molecular complexity index is 793. The molecule has 1 amide bonds. The lowest BCUT2D eigenvalue weighted by atomic mass is 10.2. The number of nitrogens with zero attached hydrogens (tertiary/aromatic N) is 3. The fraction of sp³-hybridized carbons (Fsp3) is 0.278. The number of carbonyl (C=O) groups excluding carboxylic acids is 1. The Morgan fingerprint density at radius 3 is 2.35 bits per heavy atom. The van der Waals surface area contributed by atoms with Crippen LogP contribution >= 0.6 is 27.7 Å². The van der Waals surface area contributed by atoms with E-state index in [1.807, 2.05) is 29.2 Å². The number of benzene rings is 2. The van der Waals surface area contributed by atoms with Crippen molar-refractivity contribution in [1.82, 2.24) is 4.90 Å². The number of halogens is 1. The highest BCUT2D eigenvalue weighted by Gasteiger charge is 2.21. The summed E-state index contributed by atoms with van der Waals surface area (Å²) in [6.07, 6.45) is 0. The minimum Gasteiger partial charge on any atom is -0.368 e. The summed E-state index contributed by atoms with van der Waals surface area (Å²) in [5.41, 5.74) is 1.04. The molecule has 2 aromatic rings. The van der Waals surface area contributed by atoms with E-state index in [9.17, 15) is 14.9 Å². The highest BCUT2D eigenvalue weighted by molar-refractivity contribution is 9.10. The molecular weight excluding hydrogens is 418 g/mol. The molecule has 3 rings (SSSR count). The molecule has 8 heteroatoms. The maximum atomic E-state index is 12.4. The van der Waals surface area contributed by atoms with E-state index in [0.717, 1.165) is 28.1 Å². The molecule has 0 spiro atoms. The highest BCUT2D eigenvalue weighted by atomic mass is 79.9. The van der Waals surface area contributed by atoms with Gasteiger partial charge in [0.25, 0.3) is 5.69 Å². The molecule has 0 unspecified atom stereocenters. The summed E-state index contributed by atoms with van der Waals surface area (Å²) in [5.74, 6) is 0.550. The van der Waals surface area contributed by atoms with Crippen molar-refractivity contribution in [2.75, 3.05) is 36.8 Å². The van der Waals surface area contributed by atoms with Gasteiger partial charge in [0.05, 0.1) is 10.7 Å². The van der Waals surface area contributed by atoms with Gasteiger partial charge in [-0.3, -0.25) is 14.9 Å². The maximum absolute atomic E-state index is 12.4. The monoisotopic (exact) mass is 435 g/mol. The van der Waals surface area contributed by atoms with Crippen LogP contribution in [0.15, 0.2) is 57.9 Å². The molecule has 26 heavy (non-hydrogen) atoms. The van der Waals surface area contributed by atoms with Crippen LogP contribution in [0.25, 0.3) is 0 Å². The molecule has 2 aromatic carbocycles. The fourth-order valence-corrected chi connectivity index (χ4v) is 4.26. The highest BCUT2D eigenvalue weighted by Crippen LogP contribution is 2.27. The molecule has 0 aliphatic carbocycles. The molecule has 0 N–H and O–H groups in total. The van der Waals surface area contributed by atoms with Crippen LogP contribution in [0.2, 0.25) is 0 Å². The largest absolute Gasteiger partial charge is 0.368 e. The molecule has 1 saturated heterocycles. The van der Waals surface area contributed by atoms with Crippen molar-refractivity contribution in [2.24, 2.45) is 0 Å². The first-order valence-electron chi connectivity index (χ1n) is 8.19. The number of hydrogen-bond donors (Lipinski definition) is 0. The zero-order valence-corrected chi connectivity index (χ0v) is 16.4. The number of nitro benzene ring substituents is 1. The number of anilines is 1. The zero-order valence-electron chi connectivity index (χ0n) is 14.0. The molecular formula is C18H18BrN3O3S. The van der Waals surface area contributed by atoms with Gasteiger partial charge >= 0.3 is 0 Å². The minimum absolute atomic E-state index is 0.0895. The van der Waals surface area contributed by atoms with E-state index in [2.05, 4.69) is 20.8 Å². The lowest BCUT2D eigenvalue weighted by Crippen LogP contribution is -2.49. The number of carbonyl (C=O) groups is 1. The van der Waals surface area contributed by atoms with E-state index < -0.39 is 4.92 Å². The molecule has 0 aromatic heterocycles. The molecule has 0 atom stereocenters. The van der Waals surface area contributed by atoms with Gasteiger partial charge in [0.15, 0.2) is 0 Å². The third kappa shape index (κ3) is 4.56. The predicted octanol–water partition coefficient (Wildman–Crippen LogP) is 3.80. The van der Waals surface area contributed by atoms with Gasteiger partial charge in [0.1, 0.15) is 0 Å². The quantitative estimate of drug-likeness (QED) is 0.405. The molecule has 1 fully saturated rings. The second-order valence-corrected chi connectivity index (χ2v) is 7.73. The van der Waals surface area contributed by atoms with Gasteiger partial charge in [-0.2, -0.15) is 0 Å². The number of amides is 1. The average molecular weight is 436 g/mol. The minimum atomic E-state index is -0.400. The molecule has 0 bridgehead atoms. The van der Waals surface area contributed by atoms with Crippen molar-refractivity contribution in [1.29, 1.82) is 0 Å². The molecule has 1 aliphatic heterocycles. The van der Waals surface area contributed by atoms with Gasteiger partial charge in [0.2, 0.25) is 5.91 Å². The Labute approximate surface area is 164 Å². The Hall–Kier alpha value is -2.06. The van der Waals surface area contributed by atoms with Crippen molar-refractivity contribution >= 4 is 45.0 Å². The molecule has 0 radical (unpaired) electrons. The third-order valence-electron chi connectivity index (χ3n) is 4.25. The van der Waals surface area contributed by atoms with Crippen molar-refractivity contribution in [3.8, 4) is 0 Å². The van der Waals surface area contributed by atoms with Crippen LogP contribution in [0, 0.1) is 10.1 Å². The van der Waals surface area contributed by atoms with Crippen molar-refractivity contribution in [3.63, 3.8) is 0 Å². The number of rotatable bonds is 5. The standard InChI is InChI=1S/C18H18BrN3O3S/c19-16-3-1-2-4-17(16)26-13-18(23)21-11-9-20(10-12-21)14-5-7-15(8-6-14)22(24)25/h1-8H,9-13H2. The van der Waals surface area contributed by atoms with Crippen LogP contribution < -0.4 is 4.90 Å². The second kappa shape index (κ2) is 8.55. The van der Waals surface area contributed by atoms with Gasteiger partial charge in [-0.25, -0.2) is 0 Å². The summed E-state index contributed by atoms with van der Waals surface area (Å²) in [5, 5.41) is 10.7. The lowest BCUT2D eigenvalue weighted by Gasteiger charge is -2.36. The van der Waals surface area contributed by atoms with Crippen LogP contribution in [-0.2, 0) is 4.79 Å². The van der Waals surface area contributed by atoms with E-state index in [-0.39, 0.29) is 11.6 Å². The first kappa shape index (κ1) is 18.7. The fourth-order valence-electron chi connectivity index (χ4n) is 2.79.